The first kappa shape index (κ1) is 21.0. The molecule has 1 aliphatic rings. The molecule has 0 spiro atoms. The quantitative estimate of drug-likeness (QED) is 0.194. The monoisotopic (exact) mass is 358 g/mol. The van der Waals surface area contributed by atoms with Crippen molar-refractivity contribution >= 4 is 0 Å². The van der Waals surface area contributed by atoms with E-state index in [4.69, 9.17) is 9.47 Å². The van der Waals surface area contributed by atoms with E-state index >= 15 is 0 Å². The predicted molar refractivity (Wildman–Crippen MR) is 111 cm³/mol. The molecule has 0 amide bonds. The highest BCUT2D eigenvalue weighted by Crippen LogP contribution is 2.27. The summed E-state index contributed by atoms with van der Waals surface area (Å²) >= 11 is 0. The Kier molecular flexibility index (Phi) is 9.84. The van der Waals surface area contributed by atoms with Crippen molar-refractivity contribution in [1.29, 1.82) is 0 Å². The third-order valence-electron chi connectivity index (χ3n) is 5.04. The lowest BCUT2D eigenvalue weighted by molar-refractivity contribution is 0.202. The summed E-state index contributed by atoms with van der Waals surface area (Å²) in [5.41, 5.74) is 1.35. The lowest BCUT2D eigenvalue weighted by Crippen LogP contribution is -2.16. The van der Waals surface area contributed by atoms with Crippen molar-refractivity contribution < 1.29 is 9.47 Å². The molecule has 26 heavy (non-hydrogen) atoms. The first-order valence-electron chi connectivity index (χ1n) is 10.7. The molecule has 1 aromatic carbocycles. The molecule has 0 N–H and O–H groups in total. The van der Waals surface area contributed by atoms with Gasteiger partial charge in [-0.15, -0.1) is 0 Å². The van der Waals surface area contributed by atoms with Crippen molar-refractivity contribution in [2.75, 3.05) is 13.2 Å². The molecule has 2 nitrogen and oxygen atoms in total. The molecule has 0 aromatic heterocycles. The van der Waals surface area contributed by atoms with Gasteiger partial charge >= 0.3 is 0 Å². The van der Waals surface area contributed by atoms with E-state index in [-0.39, 0.29) is 5.60 Å². The van der Waals surface area contributed by atoms with Crippen LogP contribution in [0.3, 0.4) is 0 Å². The van der Waals surface area contributed by atoms with Crippen LogP contribution in [0.5, 0.6) is 5.75 Å². The number of ether oxygens (including phenoxy) is 2. The number of aryl methyl sites for hydroxylation is 1. The second kappa shape index (κ2) is 12.2. The van der Waals surface area contributed by atoms with Crippen molar-refractivity contribution in [2.45, 2.75) is 90.1 Å². The van der Waals surface area contributed by atoms with Crippen molar-refractivity contribution in [3.05, 3.63) is 42.0 Å². The molecular weight excluding hydrogens is 320 g/mol. The van der Waals surface area contributed by atoms with Gasteiger partial charge in [0.1, 0.15) is 18.0 Å². The van der Waals surface area contributed by atoms with Crippen LogP contribution in [0.2, 0.25) is 0 Å². The topological polar surface area (TPSA) is 21.8 Å². The van der Waals surface area contributed by atoms with Gasteiger partial charge in [-0.25, -0.2) is 0 Å². The maximum Gasteiger partial charge on any atom is 0.123 e. The number of allylic oxidation sites excluding steroid dienone is 2. The number of epoxide rings is 1. The summed E-state index contributed by atoms with van der Waals surface area (Å²) in [6.07, 6.45) is 19.2. The van der Waals surface area contributed by atoms with Gasteiger partial charge < -0.3 is 9.47 Å². The first-order valence-corrected chi connectivity index (χ1v) is 10.7. The van der Waals surface area contributed by atoms with E-state index in [1.807, 2.05) is 6.07 Å². The second-order valence-electron chi connectivity index (χ2n) is 7.95. The average Bonchev–Trinajstić information content (AvgIpc) is 3.39. The van der Waals surface area contributed by atoms with Crippen LogP contribution in [-0.4, -0.2) is 18.8 Å². The fraction of sp³-hybridized carbons (Fsp3) is 0.667. The normalized spacial score (nSPS) is 19.2. The Labute approximate surface area is 161 Å². The Morgan fingerprint density at radius 1 is 1.00 bits per heavy atom. The highest BCUT2D eigenvalue weighted by Gasteiger charge is 2.40. The zero-order valence-corrected chi connectivity index (χ0v) is 17.0. The van der Waals surface area contributed by atoms with Gasteiger partial charge in [-0.3, -0.25) is 0 Å². The molecule has 1 heterocycles. The van der Waals surface area contributed by atoms with Gasteiger partial charge in [0.2, 0.25) is 0 Å². The Morgan fingerprint density at radius 2 is 1.69 bits per heavy atom. The number of hydrogen-bond acceptors (Lipinski definition) is 2. The van der Waals surface area contributed by atoms with Crippen molar-refractivity contribution in [1.82, 2.24) is 0 Å². The Balaban J connectivity index is 1.45. The van der Waals surface area contributed by atoms with Crippen LogP contribution in [0.25, 0.3) is 0 Å². The van der Waals surface area contributed by atoms with E-state index in [1.165, 1.54) is 69.8 Å². The summed E-state index contributed by atoms with van der Waals surface area (Å²) in [6, 6.07) is 8.56. The van der Waals surface area contributed by atoms with Gasteiger partial charge in [0.25, 0.3) is 0 Å². The van der Waals surface area contributed by atoms with Gasteiger partial charge in [-0.1, -0.05) is 69.7 Å². The Morgan fingerprint density at radius 3 is 2.42 bits per heavy atom. The molecular formula is C24H38O2. The number of benzene rings is 1. The van der Waals surface area contributed by atoms with E-state index in [2.05, 4.69) is 44.2 Å². The first-order chi connectivity index (χ1) is 12.7. The molecule has 1 atom stereocenters. The fourth-order valence-electron chi connectivity index (χ4n) is 3.11. The number of rotatable bonds is 15. The highest BCUT2D eigenvalue weighted by molar-refractivity contribution is 5.28. The second-order valence-corrected chi connectivity index (χ2v) is 7.95. The van der Waals surface area contributed by atoms with Crippen molar-refractivity contribution in [3.8, 4) is 5.75 Å². The largest absolute Gasteiger partial charge is 0.490 e. The molecule has 1 aliphatic heterocycles. The van der Waals surface area contributed by atoms with Crippen LogP contribution < -0.4 is 4.74 Å². The van der Waals surface area contributed by atoms with Gasteiger partial charge in [-0.05, 0) is 56.7 Å². The minimum absolute atomic E-state index is 0.0399. The maximum absolute atomic E-state index is 5.86. The molecule has 146 valence electrons. The van der Waals surface area contributed by atoms with Crippen LogP contribution in [0.4, 0.5) is 0 Å². The molecule has 1 unspecified atom stereocenters. The Bertz CT molecular complexity index is 517. The number of unbranched alkanes of at least 4 members (excludes halogenated alkanes) is 8. The van der Waals surface area contributed by atoms with Crippen LogP contribution in [-0.2, 0) is 11.2 Å². The predicted octanol–water partition coefficient (Wildman–Crippen LogP) is 6.87. The summed E-state index contributed by atoms with van der Waals surface area (Å²) in [5.74, 6) is 0.979. The minimum atomic E-state index is -0.0399. The minimum Gasteiger partial charge on any atom is -0.490 e. The number of hydrogen-bond donors (Lipinski definition) is 0. The van der Waals surface area contributed by atoms with Crippen LogP contribution >= 0.6 is 0 Å². The zero-order chi connectivity index (χ0) is 18.5. The van der Waals surface area contributed by atoms with Gasteiger partial charge in [0.05, 0.1) is 6.61 Å². The average molecular weight is 359 g/mol. The third-order valence-corrected chi connectivity index (χ3v) is 5.04. The standard InChI is InChI=1S/C24H38O2/c1-3-4-5-6-7-8-9-10-11-12-13-14-16-22-17-15-18-23(19-22)25-20-24(2)21-26-24/h5-6,15,17-19H,3-4,7-14,16,20-21H2,1-2H3/b6-5+. The maximum atomic E-state index is 5.86. The van der Waals surface area contributed by atoms with E-state index in [0.717, 1.165) is 18.8 Å². The Hall–Kier alpha value is -1.28. The SMILES string of the molecule is CCC/C=C/CCCCCCCCCc1cccc(OCC2(C)CO2)c1. The fourth-order valence-corrected chi connectivity index (χ4v) is 3.11. The lowest BCUT2D eigenvalue weighted by Gasteiger charge is -2.10. The van der Waals surface area contributed by atoms with Crippen LogP contribution in [0, 0.1) is 0 Å². The van der Waals surface area contributed by atoms with Crippen LogP contribution in [0.15, 0.2) is 36.4 Å². The molecule has 1 fully saturated rings. The summed E-state index contributed by atoms with van der Waals surface area (Å²) in [4.78, 5) is 0. The van der Waals surface area contributed by atoms with Crippen molar-refractivity contribution in [3.63, 3.8) is 0 Å². The molecule has 0 bridgehead atoms. The van der Waals surface area contributed by atoms with E-state index < -0.39 is 0 Å². The molecule has 2 rings (SSSR count). The van der Waals surface area contributed by atoms with Gasteiger partial charge in [0.15, 0.2) is 0 Å². The zero-order valence-electron chi connectivity index (χ0n) is 17.0. The van der Waals surface area contributed by atoms with Crippen LogP contribution in [0.1, 0.15) is 83.6 Å². The third kappa shape index (κ3) is 9.43. The summed E-state index contributed by atoms with van der Waals surface area (Å²) in [6.45, 7) is 5.81. The molecule has 2 heteroatoms. The lowest BCUT2D eigenvalue weighted by atomic mass is 10.0. The van der Waals surface area contributed by atoms with Crippen molar-refractivity contribution in [2.24, 2.45) is 0 Å². The summed E-state index contributed by atoms with van der Waals surface area (Å²) in [7, 11) is 0. The van der Waals surface area contributed by atoms with E-state index in [1.54, 1.807) is 0 Å². The molecule has 0 radical (unpaired) electrons. The highest BCUT2D eigenvalue weighted by atomic mass is 16.6. The van der Waals surface area contributed by atoms with E-state index in [0.29, 0.717) is 6.61 Å². The molecule has 0 aliphatic carbocycles. The van der Waals surface area contributed by atoms with Gasteiger partial charge in [-0.2, -0.15) is 0 Å². The molecule has 0 saturated carbocycles. The van der Waals surface area contributed by atoms with E-state index in [9.17, 15) is 0 Å². The molecule has 1 aromatic rings. The molecule has 1 saturated heterocycles. The summed E-state index contributed by atoms with van der Waals surface area (Å²) < 4.78 is 11.2. The van der Waals surface area contributed by atoms with Gasteiger partial charge in [0, 0.05) is 0 Å². The summed E-state index contributed by atoms with van der Waals surface area (Å²) in [5, 5.41) is 0. The smallest absolute Gasteiger partial charge is 0.123 e.